The summed E-state index contributed by atoms with van der Waals surface area (Å²) in [7, 11) is 1.66. The van der Waals surface area contributed by atoms with Gasteiger partial charge in [0, 0.05) is 31.9 Å². The van der Waals surface area contributed by atoms with Gasteiger partial charge in [-0.25, -0.2) is 0 Å². The van der Waals surface area contributed by atoms with Crippen LogP contribution in [0.3, 0.4) is 0 Å². The largest absolute Gasteiger partial charge is 0.497 e. The summed E-state index contributed by atoms with van der Waals surface area (Å²) in [5, 5.41) is 0. The molecular weight excluding hydrogens is 408 g/mol. The smallest absolute Gasteiger partial charge is 0.260 e. The third kappa shape index (κ3) is 4.95. The Hall–Kier alpha value is -2.21. The number of carbonyl (C=O) groups is 1. The van der Waals surface area contributed by atoms with E-state index in [0.717, 1.165) is 35.4 Å². The number of carbonyl (C=O) groups excluding carboxylic acids is 1. The average Bonchev–Trinajstić information content (AvgIpc) is 2.72. The normalized spacial score (nSPS) is 14.2. The van der Waals surface area contributed by atoms with Crippen LogP contribution in [0.25, 0.3) is 0 Å². The van der Waals surface area contributed by atoms with E-state index in [9.17, 15) is 4.79 Å². The monoisotopic (exact) mass is 432 g/mol. The molecule has 1 aliphatic heterocycles. The second-order valence-corrected chi connectivity index (χ2v) is 7.33. The van der Waals surface area contributed by atoms with E-state index in [4.69, 9.17) is 9.47 Å². The van der Waals surface area contributed by atoms with Gasteiger partial charge < -0.3 is 19.3 Å². The van der Waals surface area contributed by atoms with E-state index in [1.54, 1.807) is 7.11 Å². The van der Waals surface area contributed by atoms with Gasteiger partial charge in [-0.15, -0.1) is 0 Å². The van der Waals surface area contributed by atoms with Crippen LogP contribution in [-0.4, -0.2) is 50.7 Å². The van der Waals surface area contributed by atoms with E-state index < -0.39 is 0 Å². The second kappa shape index (κ2) is 9.13. The van der Waals surface area contributed by atoms with Gasteiger partial charge in [0.2, 0.25) is 0 Å². The molecule has 0 radical (unpaired) electrons. The van der Waals surface area contributed by atoms with Gasteiger partial charge in [-0.1, -0.05) is 13.0 Å². The number of anilines is 1. The number of ether oxygens (including phenoxy) is 2. The van der Waals surface area contributed by atoms with Crippen LogP contribution < -0.4 is 14.4 Å². The van der Waals surface area contributed by atoms with Crippen molar-refractivity contribution in [1.29, 1.82) is 0 Å². The molecule has 0 N–H and O–H groups in total. The summed E-state index contributed by atoms with van der Waals surface area (Å²) in [6.07, 6.45) is 0.969. The number of piperazine rings is 1. The van der Waals surface area contributed by atoms with Crippen LogP contribution >= 0.6 is 15.9 Å². The Balaban J connectivity index is 1.49. The first-order valence-electron chi connectivity index (χ1n) is 9.18. The van der Waals surface area contributed by atoms with Gasteiger partial charge in [-0.2, -0.15) is 0 Å². The molecule has 1 amide bonds. The lowest BCUT2D eigenvalue weighted by Gasteiger charge is -2.36. The van der Waals surface area contributed by atoms with Gasteiger partial charge in [0.1, 0.15) is 11.5 Å². The zero-order chi connectivity index (χ0) is 19.2. The Kier molecular flexibility index (Phi) is 6.61. The Morgan fingerprint density at radius 1 is 1.07 bits per heavy atom. The van der Waals surface area contributed by atoms with Crippen molar-refractivity contribution in [2.75, 3.05) is 44.8 Å². The topological polar surface area (TPSA) is 42.0 Å². The quantitative estimate of drug-likeness (QED) is 0.696. The number of methoxy groups -OCH3 is 1. The van der Waals surface area contributed by atoms with Crippen LogP contribution in [-0.2, 0) is 11.2 Å². The summed E-state index contributed by atoms with van der Waals surface area (Å²) < 4.78 is 11.8. The summed E-state index contributed by atoms with van der Waals surface area (Å²) >= 11 is 3.51. The van der Waals surface area contributed by atoms with E-state index in [0.29, 0.717) is 18.8 Å². The minimum absolute atomic E-state index is 0.0239. The van der Waals surface area contributed by atoms with Crippen LogP contribution in [0.15, 0.2) is 46.9 Å². The molecule has 3 rings (SSSR count). The minimum Gasteiger partial charge on any atom is -0.497 e. The molecule has 0 aliphatic carbocycles. The van der Waals surface area contributed by atoms with Crippen LogP contribution in [0.2, 0.25) is 0 Å². The maximum absolute atomic E-state index is 12.5. The highest BCUT2D eigenvalue weighted by atomic mass is 79.9. The summed E-state index contributed by atoms with van der Waals surface area (Å²) in [4.78, 5) is 16.6. The van der Waals surface area contributed by atoms with E-state index in [-0.39, 0.29) is 12.5 Å². The predicted molar refractivity (Wildman–Crippen MR) is 111 cm³/mol. The van der Waals surface area contributed by atoms with Gasteiger partial charge in [0.25, 0.3) is 5.91 Å². The van der Waals surface area contributed by atoms with Crippen molar-refractivity contribution in [3.8, 4) is 11.5 Å². The fraction of sp³-hybridized carbons (Fsp3) is 0.381. The molecule has 0 unspecified atom stereocenters. The fourth-order valence-electron chi connectivity index (χ4n) is 3.12. The van der Waals surface area contributed by atoms with Crippen molar-refractivity contribution in [2.24, 2.45) is 0 Å². The Labute approximate surface area is 169 Å². The Morgan fingerprint density at radius 3 is 2.37 bits per heavy atom. The molecular formula is C21H25BrN2O3. The van der Waals surface area contributed by atoms with Crippen molar-refractivity contribution in [2.45, 2.75) is 13.3 Å². The lowest BCUT2D eigenvalue weighted by Crippen LogP contribution is -2.50. The first-order chi connectivity index (χ1) is 13.1. The maximum atomic E-state index is 12.5. The third-order valence-corrected chi connectivity index (χ3v) is 5.45. The van der Waals surface area contributed by atoms with Crippen LogP contribution in [0, 0.1) is 0 Å². The van der Waals surface area contributed by atoms with Crippen molar-refractivity contribution < 1.29 is 14.3 Å². The number of hydrogen-bond donors (Lipinski definition) is 0. The van der Waals surface area contributed by atoms with Crippen LogP contribution in [0.1, 0.15) is 12.5 Å². The van der Waals surface area contributed by atoms with Crippen molar-refractivity contribution in [1.82, 2.24) is 4.90 Å². The Morgan fingerprint density at radius 2 is 1.78 bits per heavy atom. The number of rotatable bonds is 6. The second-order valence-electron chi connectivity index (χ2n) is 6.47. The molecule has 0 spiro atoms. The number of aryl methyl sites for hydroxylation is 1. The molecule has 1 saturated heterocycles. The SMILES string of the molecule is CCc1ccc(OCC(=O)N2CCN(c3ccc(OC)cc3)CC2)c(Br)c1. The van der Waals surface area contributed by atoms with Crippen LogP contribution in [0.5, 0.6) is 11.5 Å². The van der Waals surface area contributed by atoms with Gasteiger partial charge in [0.05, 0.1) is 11.6 Å². The molecule has 1 heterocycles. The van der Waals surface area contributed by atoms with E-state index >= 15 is 0 Å². The molecule has 0 bridgehead atoms. The lowest BCUT2D eigenvalue weighted by molar-refractivity contribution is -0.133. The molecule has 27 heavy (non-hydrogen) atoms. The van der Waals surface area contributed by atoms with E-state index in [1.165, 1.54) is 5.56 Å². The molecule has 0 atom stereocenters. The maximum Gasteiger partial charge on any atom is 0.260 e. The highest BCUT2D eigenvalue weighted by Gasteiger charge is 2.22. The fourth-order valence-corrected chi connectivity index (χ4v) is 3.66. The van der Waals surface area contributed by atoms with Crippen molar-refractivity contribution >= 4 is 27.5 Å². The Bertz CT molecular complexity index is 771. The van der Waals surface area contributed by atoms with Gasteiger partial charge >= 0.3 is 0 Å². The summed E-state index contributed by atoms with van der Waals surface area (Å²) in [5.41, 5.74) is 2.38. The zero-order valence-corrected chi connectivity index (χ0v) is 17.4. The van der Waals surface area contributed by atoms with E-state index in [2.05, 4.69) is 39.9 Å². The standard InChI is InChI=1S/C21H25BrN2O3/c1-3-16-4-9-20(19(22)14-16)27-15-21(25)24-12-10-23(11-13-24)17-5-7-18(26-2)8-6-17/h4-9,14H,3,10-13,15H2,1-2H3. The lowest BCUT2D eigenvalue weighted by atomic mass is 10.2. The molecule has 5 nitrogen and oxygen atoms in total. The molecule has 144 valence electrons. The summed E-state index contributed by atoms with van der Waals surface area (Å²) in [5.74, 6) is 1.58. The van der Waals surface area contributed by atoms with Crippen LogP contribution in [0.4, 0.5) is 5.69 Å². The molecule has 2 aromatic carbocycles. The third-order valence-electron chi connectivity index (χ3n) is 4.83. The highest BCUT2D eigenvalue weighted by Crippen LogP contribution is 2.26. The van der Waals surface area contributed by atoms with E-state index in [1.807, 2.05) is 35.2 Å². The molecule has 1 fully saturated rings. The highest BCUT2D eigenvalue weighted by molar-refractivity contribution is 9.10. The van der Waals surface area contributed by atoms with Gasteiger partial charge in [-0.05, 0) is 64.3 Å². The van der Waals surface area contributed by atoms with Crippen molar-refractivity contribution in [3.05, 3.63) is 52.5 Å². The van der Waals surface area contributed by atoms with Gasteiger partial charge in [-0.3, -0.25) is 4.79 Å². The summed E-state index contributed by atoms with van der Waals surface area (Å²) in [6.45, 7) is 5.19. The molecule has 0 aromatic heterocycles. The first-order valence-corrected chi connectivity index (χ1v) is 9.98. The molecule has 0 saturated carbocycles. The predicted octanol–water partition coefficient (Wildman–Crippen LogP) is 3.75. The molecule has 1 aliphatic rings. The summed E-state index contributed by atoms with van der Waals surface area (Å²) in [6, 6.07) is 14.0. The van der Waals surface area contributed by atoms with Gasteiger partial charge in [0.15, 0.2) is 6.61 Å². The number of nitrogens with zero attached hydrogens (tertiary/aromatic N) is 2. The average molecular weight is 433 g/mol. The minimum atomic E-state index is 0.0239. The number of halogens is 1. The number of hydrogen-bond acceptors (Lipinski definition) is 4. The first kappa shape index (κ1) is 19.5. The molecule has 2 aromatic rings. The molecule has 6 heteroatoms. The number of benzene rings is 2. The number of amides is 1. The zero-order valence-electron chi connectivity index (χ0n) is 15.8. The van der Waals surface area contributed by atoms with Crippen molar-refractivity contribution in [3.63, 3.8) is 0 Å².